The van der Waals surface area contributed by atoms with E-state index in [1.54, 1.807) is 0 Å². The zero-order chi connectivity index (χ0) is 11.6. The van der Waals surface area contributed by atoms with E-state index in [1.165, 1.54) is 6.07 Å². The van der Waals surface area contributed by atoms with Gasteiger partial charge in [0, 0.05) is 0 Å². The third-order valence-electron chi connectivity index (χ3n) is 1.74. The van der Waals surface area contributed by atoms with Crippen LogP contribution in [-0.4, -0.2) is 56.3 Å². The Kier molecular flexibility index (Phi) is 4.92. The molecule has 1 rings (SSSR count). The fourth-order valence-electron chi connectivity index (χ4n) is 1.14. The Labute approximate surface area is 109 Å². The molecule has 82 valence electrons. The molecule has 7 heteroatoms. The molecule has 0 saturated carbocycles. The number of benzene rings is 1. The molecule has 0 heterocycles. The van der Waals surface area contributed by atoms with Crippen molar-refractivity contribution in [2.24, 2.45) is 0 Å². The first-order valence-electron chi connectivity index (χ1n) is 3.78. The summed E-state index contributed by atoms with van der Waals surface area (Å²) in [6.45, 7) is 0. The van der Waals surface area contributed by atoms with Crippen LogP contribution in [0.3, 0.4) is 0 Å². The summed E-state index contributed by atoms with van der Waals surface area (Å²) in [4.78, 5) is 32.0. The zero-order valence-electron chi connectivity index (χ0n) is 10.0. The first-order chi connectivity index (χ1) is 6.95. The summed E-state index contributed by atoms with van der Waals surface area (Å²) in [7, 11) is 0. The molecule has 3 N–H and O–H groups in total. The minimum atomic E-state index is -1.58. The normalized spacial score (nSPS) is 9.00. The molecule has 0 spiro atoms. The molecule has 1 aromatic carbocycles. The van der Waals surface area contributed by atoms with Gasteiger partial charge in [0.1, 0.15) is 0 Å². The number of aromatic carboxylic acids is 3. The maximum Gasteiger partial charge on any atom is 2.00 e. The van der Waals surface area contributed by atoms with Crippen molar-refractivity contribution in [2.75, 3.05) is 0 Å². The Morgan fingerprint density at radius 2 is 1.25 bits per heavy atom. The van der Waals surface area contributed by atoms with Crippen molar-refractivity contribution < 1.29 is 32.6 Å². The Bertz CT molecular complexity index is 430. The molecule has 0 atom stereocenters. The van der Waals surface area contributed by atoms with Gasteiger partial charge in [0.25, 0.3) is 0 Å². The minimum Gasteiger partial charge on any atom is -1.00 e. The van der Waals surface area contributed by atoms with Crippen molar-refractivity contribution in [3.63, 3.8) is 0 Å². The molecule has 0 unspecified atom stereocenters. The van der Waals surface area contributed by atoms with Crippen LogP contribution in [0.25, 0.3) is 0 Å². The van der Waals surface area contributed by atoms with Crippen LogP contribution < -0.4 is 0 Å². The first-order valence-corrected chi connectivity index (χ1v) is 3.78. The van der Waals surface area contributed by atoms with Gasteiger partial charge in [-0.25, -0.2) is 14.4 Å². The van der Waals surface area contributed by atoms with Crippen molar-refractivity contribution in [3.05, 3.63) is 34.9 Å². The second-order valence-corrected chi connectivity index (χ2v) is 2.64. The number of hydrogen-bond acceptors (Lipinski definition) is 3. The quantitative estimate of drug-likeness (QED) is 0.664. The Morgan fingerprint density at radius 3 is 1.50 bits per heavy atom. The van der Waals surface area contributed by atoms with Gasteiger partial charge >= 0.3 is 41.0 Å². The molecule has 0 bridgehead atoms. The van der Waals surface area contributed by atoms with E-state index in [2.05, 4.69) is 0 Å². The van der Waals surface area contributed by atoms with Crippen LogP contribution in [0, 0.1) is 0 Å². The van der Waals surface area contributed by atoms with Gasteiger partial charge in [0.15, 0.2) is 0 Å². The summed E-state index contributed by atoms with van der Waals surface area (Å²) in [6, 6.07) is 3.26. The van der Waals surface area contributed by atoms with Crippen molar-refractivity contribution in [2.45, 2.75) is 0 Å². The summed E-state index contributed by atoms with van der Waals surface area (Å²) in [6.07, 6.45) is 0. The number of hydrogen-bond donors (Lipinski definition) is 3. The third-order valence-corrected chi connectivity index (χ3v) is 1.74. The third kappa shape index (κ3) is 2.70. The predicted molar refractivity (Wildman–Crippen MR) is 55.3 cm³/mol. The van der Waals surface area contributed by atoms with Gasteiger partial charge in [0.05, 0.1) is 16.7 Å². The Morgan fingerprint density at radius 1 is 0.875 bits per heavy atom. The van der Waals surface area contributed by atoms with Gasteiger partial charge in [-0.05, 0) is 12.1 Å². The van der Waals surface area contributed by atoms with Crippen LogP contribution >= 0.6 is 0 Å². The van der Waals surface area contributed by atoms with Crippen LogP contribution in [0.5, 0.6) is 0 Å². The topological polar surface area (TPSA) is 112 Å². The van der Waals surface area contributed by atoms with Gasteiger partial charge in [-0.15, -0.1) is 0 Å². The summed E-state index contributed by atoms with van der Waals surface area (Å²) >= 11 is 0. The number of rotatable bonds is 3. The Balaban J connectivity index is -0.000000750. The summed E-state index contributed by atoms with van der Waals surface area (Å²) in [5.74, 6) is -4.53. The molecule has 16 heavy (non-hydrogen) atoms. The van der Waals surface area contributed by atoms with Crippen LogP contribution in [0.4, 0.5) is 0 Å². The van der Waals surface area contributed by atoms with Crippen LogP contribution in [0.2, 0.25) is 0 Å². The molecule has 0 aliphatic carbocycles. The van der Waals surface area contributed by atoms with Crippen LogP contribution in [-0.2, 0) is 0 Å². The fraction of sp³-hybridized carbons (Fsp3) is 0. The summed E-state index contributed by atoms with van der Waals surface area (Å²) < 4.78 is 0. The van der Waals surface area contributed by atoms with Crippen molar-refractivity contribution in [1.82, 2.24) is 0 Å². The molecular weight excluding hydrogens is 228 g/mol. The van der Waals surface area contributed by atoms with E-state index in [-0.39, 0.29) is 25.9 Å². The molecule has 0 aromatic heterocycles. The number of carbonyl (C=O) groups is 3. The van der Waals surface area contributed by atoms with E-state index in [1.807, 2.05) is 0 Å². The van der Waals surface area contributed by atoms with Crippen molar-refractivity contribution in [1.29, 1.82) is 0 Å². The SMILES string of the molecule is O=C(O)c1cccc(C(=O)O)c1C(=O)O.[H-].[H-].[Mg+2]. The maximum atomic E-state index is 10.7. The second-order valence-electron chi connectivity index (χ2n) is 2.64. The molecule has 0 saturated heterocycles. The van der Waals surface area contributed by atoms with E-state index in [0.717, 1.165) is 12.1 Å². The molecular formula is C9H8MgO6. The van der Waals surface area contributed by atoms with Crippen molar-refractivity contribution in [3.8, 4) is 0 Å². The summed E-state index contributed by atoms with van der Waals surface area (Å²) in [5, 5.41) is 26.0. The predicted octanol–water partition coefficient (Wildman–Crippen LogP) is 0.625. The molecule has 0 aliphatic rings. The molecule has 1 aromatic rings. The fourth-order valence-corrected chi connectivity index (χ4v) is 1.14. The number of carboxylic acids is 3. The zero-order valence-corrected chi connectivity index (χ0v) is 9.42. The van der Waals surface area contributed by atoms with Gasteiger partial charge < -0.3 is 18.2 Å². The Hall–Kier alpha value is -1.60. The van der Waals surface area contributed by atoms with E-state index >= 15 is 0 Å². The van der Waals surface area contributed by atoms with E-state index in [4.69, 9.17) is 15.3 Å². The molecule has 0 aliphatic heterocycles. The monoisotopic (exact) mass is 236 g/mol. The van der Waals surface area contributed by atoms with Gasteiger partial charge in [-0.2, -0.15) is 0 Å². The second kappa shape index (κ2) is 5.47. The smallest absolute Gasteiger partial charge is 1.00 e. The van der Waals surface area contributed by atoms with E-state index in [9.17, 15) is 14.4 Å². The minimum absolute atomic E-state index is 0. The number of carboxylic acid groups (broad SMARTS) is 3. The summed E-state index contributed by atoms with van der Waals surface area (Å²) in [5.41, 5.74) is -1.79. The molecule has 0 fully saturated rings. The molecule has 0 radical (unpaired) electrons. The molecule has 6 nitrogen and oxygen atoms in total. The van der Waals surface area contributed by atoms with Gasteiger partial charge in [-0.3, -0.25) is 0 Å². The standard InChI is InChI=1S/C9H6O6.Mg.2H/c10-7(11)4-2-1-3-5(8(12)13)6(4)9(14)15;;;/h1-3H,(H,10,11)(H,12,13)(H,14,15);;;/q;+2;2*-1. The first kappa shape index (κ1) is 14.4. The average Bonchev–Trinajstić information content (AvgIpc) is 2.16. The van der Waals surface area contributed by atoms with E-state index in [0.29, 0.717) is 0 Å². The van der Waals surface area contributed by atoms with Gasteiger partial charge in [-0.1, -0.05) is 6.07 Å². The molecule has 0 amide bonds. The average molecular weight is 236 g/mol. The van der Waals surface area contributed by atoms with E-state index < -0.39 is 34.6 Å². The van der Waals surface area contributed by atoms with Crippen LogP contribution in [0.1, 0.15) is 33.9 Å². The van der Waals surface area contributed by atoms with Crippen LogP contribution in [0.15, 0.2) is 18.2 Å². The maximum absolute atomic E-state index is 10.7. The van der Waals surface area contributed by atoms with Crippen molar-refractivity contribution >= 4 is 41.0 Å². The largest absolute Gasteiger partial charge is 2.00 e. The van der Waals surface area contributed by atoms with Gasteiger partial charge in [0.2, 0.25) is 0 Å².